The predicted molar refractivity (Wildman–Crippen MR) is 140 cm³/mol. The molecule has 2 N–H and O–H groups in total. The summed E-state index contributed by atoms with van der Waals surface area (Å²) in [6.07, 6.45) is 3.42. The van der Waals surface area contributed by atoms with Crippen molar-refractivity contribution >= 4 is 34.5 Å². The second-order valence-corrected chi connectivity index (χ2v) is 9.10. The Balaban J connectivity index is 1.52. The molecule has 3 aromatic rings. The van der Waals surface area contributed by atoms with Crippen LogP contribution in [0.25, 0.3) is 11.3 Å². The molecule has 1 saturated heterocycles. The Labute approximate surface area is 210 Å². The first-order valence-corrected chi connectivity index (χ1v) is 12.0. The molecule has 5 rings (SSSR count). The zero-order valence-corrected chi connectivity index (χ0v) is 20.5. The van der Waals surface area contributed by atoms with Gasteiger partial charge in [0.15, 0.2) is 0 Å². The van der Waals surface area contributed by atoms with E-state index in [1.165, 1.54) is 12.7 Å². The minimum Gasteiger partial charge on any atom is -0.465 e. The molecule has 0 unspecified atom stereocenters. The van der Waals surface area contributed by atoms with Gasteiger partial charge in [-0.05, 0) is 55.1 Å². The summed E-state index contributed by atoms with van der Waals surface area (Å²) in [7, 11) is 3.49. The predicted octanol–water partition coefficient (Wildman–Crippen LogP) is 3.55. The lowest BCUT2D eigenvalue weighted by Crippen LogP contribution is -2.43. The zero-order valence-electron chi connectivity index (χ0n) is 20.5. The van der Waals surface area contributed by atoms with Crippen LogP contribution in [0, 0.1) is 0 Å². The number of carbonyl (C=O) groups is 2. The van der Waals surface area contributed by atoms with Crippen molar-refractivity contribution in [2.24, 2.45) is 0 Å². The van der Waals surface area contributed by atoms with E-state index in [1.807, 2.05) is 24.3 Å². The van der Waals surface area contributed by atoms with Crippen LogP contribution in [0.5, 0.6) is 0 Å². The van der Waals surface area contributed by atoms with Crippen molar-refractivity contribution in [3.63, 3.8) is 0 Å². The molecule has 0 atom stereocenters. The van der Waals surface area contributed by atoms with Gasteiger partial charge in [0, 0.05) is 67.6 Å². The molecule has 0 aliphatic carbocycles. The Morgan fingerprint density at radius 3 is 2.64 bits per heavy atom. The maximum absolute atomic E-state index is 13.2. The highest BCUT2D eigenvalue weighted by Crippen LogP contribution is 2.38. The molecule has 1 fully saturated rings. The third-order valence-electron chi connectivity index (χ3n) is 6.58. The van der Waals surface area contributed by atoms with E-state index in [9.17, 15) is 9.59 Å². The van der Waals surface area contributed by atoms with Crippen LogP contribution in [0.1, 0.15) is 27.0 Å². The number of methoxy groups -OCH3 is 1. The summed E-state index contributed by atoms with van der Waals surface area (Å²) in [5.41, 5.74) is 5.58. The van der Waals surface area contributed by atoms with Gasteiger partial charge in [0.2, 0.25) is 0 Å². The van der Waals surface area contributed by atoms with E-state index in [-0.39, 0.29) is 5.91 Å². The normalized spacial score (nSPS) is 17.3. The quantitative estimate of drug-likeness (QED) is 0.410. The number of aromatic nitrogens is 1. The van der Waals surface area contributed by atoms with Gasteiger partial charge in [-0.15, -0.1) is 0 Å². The lowest BCUT2D eigenvalue weighted by molar-refractivity contribution is -0.110. The molecule has 36 heavy (non-hydrogen) atoms. The van der Waals surface area contributed by atoms with Crippen molar-refractivity contribution in [3.8, 4) is 0 Å². The largest absolute Gasteiger partial charge is 0.465 e. The Kier molecular flexibility index (Phi) is 6.79. The van der Waals surface area contributed by atoms with Crippen molar-refractivity contribution in [1.29, 1.82) is 0 Å². The fraction of sp³-hybridized carbons (Fsp3) is 0.250. The molecule has 184 valence electrons. The second-order valence-electron chi connectivity index (χ2n) is 9.10. The minimum absolute atomic E-state index is 0.244. The first kappa shape index (κ1) is 23.7. The maximum atomic E-state index is 13.2. The van der Waals surface area contributed by atoms with Crippen molar-refractivity contribution in [1.82, 2.24) is 14.8 Å². The van der Waals surface area contributed by atoms with Gasteiger partial charge in [0.1, 0.15) is 0 Å². The van der Waals surface area contributed by atoms with Gasteiger partial charge in [-0.2, -0.15) is 0 Å². The number of nitrogens with one attached hydrogen (secondary N) is 2. The van der Waals surface area contributed by atoms with Gasteiger partial charge in [-0.25, -0.2) is 4.79 Å². The van der Waals surface area contributed by atoms with Gasteiger partial charge in [0.25, 0.3) is 5.91 Å². The standard InChI is InChI=1S/C28H29N5O3/c1-32-11-13-33(14-12-32)18-19-5-3-7-22(15-19)30-26(21-6-4-10-29-17-21)25-23-16-20(28(35)36-2)8-9-24(23)31-27(25)34/h3-10,15-17,30H,11-14,18H2,1-2H3,(H,31,34)/b26-25-. The number of anilines is 2. The molecule has 0 spiro atoms. The number of fused-ring (bicyclic) bond motifs is 1. The summed E-state index contributed by atoms with van der Waals surface area (Å²) in [6.45, 7) is 5.08. The van der Waals surface area contributed by atoms with Gasteiger partial charge < -0.3 is 20.3 Å². The van der Waals surface area contributed by atoms with Crippen LogP contribution in [-0.4, -0.2) is 67.0 Å². The summed E-state index contributed by atoms with van der Waals surface area (Å²) in [5.74, 6) is -0.698. The van der Waals surface area contributed by atoms with Crippen LogP contribution in [-0.2, 0) is 16.1 Å². The number of ether oxygens (including phenoxy) is 1. The molecule has 0 bridgehead atoms. The van der Waals surface area contributed by atoms with Crippen molar-refractivity contribution in [2.45, 2.75) is 6.54 Å². The van der Waals surface area contributed by atoms with Gasteiger partial charge >= 0.3 is 5.97 Å². The zero-order chi connectivity index (χ0) is 25.1. The highest BCUT2D eigenvalue weighted by molar-refractivity contribution is 6.37. The number of amides is 1. The molecule has 1 aromatic heterocycles. The van der Waals surface area contributed by atoms with Gasteiger partial charge in [-0.1, -0.05) is 12.1 Å². The number of nitrogens with zero attached hydrogens (tertiary/aromatic N) is 3. The fourth-order valence-corrected chi connectivity index (χ4v) is 4.61. The van der Waals surface area contributed by atoms with Gasteiger partial charge in [0.05, 0.1) is 23.9 Å². The molecule has 2 aliphatic heterocycles. The van der Waals surface area contributed by atoms with Gasteiger partial charge in [-0.3, -0.25) is 14.7 Å². The molecule has 8 nitrogen and oxygen atoms in total. The number of rotatable bonds is 6. The summed E-state index contributed by atoms with van der Waals surface area (Å²) < 4.78 is 4.89. The molecular weight excluding hydrogens is 454 g/mol. The summed E-state index contributed by atoms with van der Waals surface area (Å²) >= 11 is 0. The molecule has 0 saturated carbocycles. The van der Waals surface area contributed by atoms with Crippen LogP contribution < -0.4 is 10.6 Å². The fourth-order valence-electron chi connectivity index (χ4n) is 4.61. The number of hydrogen-bond acceptors (Lipinski definition) is 7. The SMILES string of the molecule is COC(=O)c1ccc2c(c1)/C(=C(/Nc1cccc(CN3CCN(C)CC3)c1)c1cccnc1)C(=O)N2. The third-order valence-corrected chi connectivity index (χ3v) is 6.58. The number of hydrogen-bond donors (Lipinski definition) is 2. The number of benzene rings is 2. The smallest absolute Gasteiger partial charge is 0.337 e. The number of carbonyl (C=O) groups excluding carboxylic acids is 2. The van der Waals surface area contributed by atoms with Crippen LogP contribution in [0.3, 0.4) is 0 Å². The molecule has 0 radical (unpaired) electrons. The average molecular weight is 484 g/mol. The van der Waals surface area contributed by atoms with E-state index in [2.05, 4.69) is 44.6 Å². The lowest BCUT2D eigenvalue weighted by atomic mass is 9.99. The van der Waals surface area contributed by atoms with Crippen LogP contribution >= 0.6 is 0 Å². The summed E-state index contributed by atoms with van der Waals surface area (Å²) in [6, 6.07) is 17.1. The lowest BCUT2D eigenvalue weighted by Gasteiger charge is -2.32. The topological polar surface area (TPSA) is 86.8 Å². The van der Waals surface area contributed by atoms with E-state index < -0.39 is 5.97 Å². The van der Waals surface area contributed by atoms with Crippen molar-refractivity contribution < 1.29 is 14.3 Å². The van der Waals surface area contributed by atoms with E-state index in [1.54, 1.807) is 30.6 Å². The van der Waals surface area contributed by atoms with Crippen LogP contribution in [0.15, 0.2) is 67.0 Å². The van der Waals surface area contributed by atoms with E-state index >= 15 is 0 Å². The first-order chi connectivity index (χ1) is 17.5. The molecule has 3 heterocycles. The number of esters is 1. The second kappa shape index (κ2) is 10.3. The molecule has 2 aromatic carbocycles. The third kappa shape index (κ3) is 5.00. The molecule has 8 heteroatoms. The molecular formula is C28H29N5O3. The molecule has 1 amide bonds. The Morgan fingerprint density at radius 1 is 1.06 bits per heavy atom. The Bertz CT molecular complexity index is 1310. The maximum Gasteiger partial charge on any atom is 0.337 e. The van der Waals surface area contributed by atoms with Crippen molar-refractivity contribution in [2.75, 3.05) is 51.0 Å². The monoisotopic (exact) mass is 483 g/mol. The highest BCUT2D eigenvalue weighted by Gasteiger charge is 2.29. The minimum atomic E-state index is -0.455. The Hall–Kier alpha value is -4.01. The van der Waals surface area contributed by atoms with Crippen molar-refractivity contribution in [3.05, 3.63) is 89.2 Å². The molecule has 2 aliphatic rings. The van der Waals surface area contributed by atoms with E-state index in [0.29, 0.717) is 28.1 Å². The first-order valence-electron chi connectivity index (χ1n) is 12.0. The highest BCUT2D eigenvalue weighted by atomic mass is 16.5. The van der Waals surface area contributed by atoms with Crippen LogP contribution in [0.2, 0.25) is 0 Å². The summed E-state index contributed by atoms with van der Waals surface area (Å²) in [5, 5.41) is 6.41. The van der Waals surface area contributed by atoms with Crippen LogP contribution in [0.4, 0.5) is 11.4 Å². The number of pyridine rings is 1. The number of likely N-dealkylation sites (N-methyl/N-ethyl adjacent to an activating group) is 1. The van der Waals surface area contributed by atoms with E-state index in [0.717, 1.165) is 44.0 Å². The average Bonchev–Trinajstić information content (AvgIpc) is 3.23. The summed E-state index contributed by atoms with van der Waals surface area (Å²) in [4.78, 5) is 34.4. The van der Waals surface area contributed by atoms with E-state index in [4.69, 9.17) is 4.74 Å². The number of piperazine rings is 1. The Morgan fingerprint density at radius 2 is 1.89 bits per heavy atom.